The molecule has 0 aliphatic heterocycles. The molecule has 0 atom stereocenters. The highest BCUT2D eigenvalue weighted by Crippen LogP contribution is 2.18. The summed E-state index contributed by atoms with van der Waals surface area (Å²) in [6, 6.07) is 10.7. The summed E-state index contributed by atoms with van der Waals surface area (Å²) < 4.78 is 0. The maximum Gasteiger partial charge on any atom is -0.0228 e. The Labute approximate surface area is 87.7 Å². The van der Waals surface area contributed by atoms with Crippen LogP contribution < -0.4 is 0 Å². The SMILES string of the molecule is CCCC/C=C(\CC)c1ccccc1. The van der Waals surface area contributed by atoms with Gasteiger partial charge in [0.15, 0.2) is 0 Å². The van der Waals surface area contributed by atoms with E-state index in [0.717, 1.165) is 6.42 Å². The van der Waals surface area contributed by atoms with Gasteiger partial charge in [-0.15, -0.1) is 0 Å². The van der Waals surface area contributed by atoms with Crippen molar-refractivity contribution >= 4 is 5.57 Å². The highest BCUT2D eigenvalue weighted by atomic mass is 14.0. The zero-order chi connectivity index (χ0) is 10.2. The van der Waals surface area contributed by atoms with Crippen LogP contribution in [0.5, 0.6) is 0 Å². The number of allylic oxidation sites excluding steroid dienone is 2. The van der Waals surface area contributed by atoms with Gasteiger partial charge < -0.3 is 0 Å². The fraction of sp³-hybridized carbons (Fsp3) is 0.429. The summed E-state index contributed by atoms with van der Waals surface area (Å²) in [6.07, 6.45) is 7.32. The lowest BCUT2D eigenvalue weighted by molar-refractivity contribution is 0.814. The predicted octanol–water partition coefficient (Wildman–Crippen LogP) is 4.67. The number of hydrogen-bond donors (Lipinski definition) is 0. The fourth-order valence-corrected chi connectivity index (χ4v) is 1.60. The molecule has 0 unspecified atom stereocenters. The molecule has 0 aromatic heterocycles. The molecular weight excluding hydrogens is 168 g/mol. The Morgan fingerprint density at radius 2 is 1.86 bits per heavy atom. The fourth-order valence-electron chi connectivity index (χ4n) is 1.60. The number of benzene rings is 1. The van der Waals surface area contributed by atoms with Crippen LogP contribution in [0.2, 0.25) is 0 Å². The van der Waals surface area contributed by atoms with Crippen molar-refractivity contribution in [2.75, 3.05) is 0 Å². The quantitative estimate of drug-likeness (QED) is 0.589. The Kier molecular flexibility index (Phi) is 5.06. The van der Waals surface area contributed by atoms with Crippen LogP contribution >= 0.6 is 0 Å². The Balaban J connectivity index is 2.67. The van der Waals surface area contributed by atoms with E-state index in [2.05, 4.69) is 50.3 Å². The minimum absolute atomic E-state index is 1.13. The largest absolute Gasteiger partial charge is 0.0807 e. The van der Waals surface area contributed by atoms with Crippen molar-refractivity contribution in [3.63, 3.8) is 0 Å². The first-order valence-corrected chi connectivity index (χ1v) is 5.63. The summed E-state index contributed by atoms with van der Waals surface area (Å²) in [5, 5.41) is 0. The molecule has 0 heteroatoms. The molecule has 0 bridgehead atoms. The molecule has 1 aromatic rings. The zero-order valence-electron chi connectivity index (χ0n) is 9.29. The van der Waals surface area contributed by atoms with Gasteiger partial charge in [0, 0.05) is 0 Å². The molecular formula is C14H20. The lowest BCUT2D eigenvalue weighted by Crippen LogP contribution is -1.82. The molecule has 0 saturated heterocycles. The molecule has 0 N–H and O–H groups in total. The van der Waals surface area contributed by atoms with Gasteiger partial charge in [-0.1, -0.05) is 63.1 Å². The molecule has 1 aromatic carbocycles. The molecule has 0 saturated carbocycles. The van der Waals surface area contributed by atoms with E-state index in [1.54, 1.807) is 0 Å². The lowest BCUT2D eigenvalue weighted by Gasteiger charge is -2.04. The van der Waals surface area contributed by atoms with E-state index in [9.17, 15) is 0 Å². The third kappa shape index (κ3) is 3.37. The lowest BCUT2D eigenvalue weighted by atomic mass is 10.0. The first-order valence-electron chi connectivity index (χ1n) is 5.63. The zero-order valence-corrected chi connectivity index (χ0v) is 9.29. The van der Waals surface area contributed by atoms with E-state index < -0.39 is 0 Å². The summed E-state index contributed by atoms with van der Waals surface area (Å²) in [5.41, 5.74) is 2.87. The molecule has 14 heavy (non-hydrogen) atoms. The topological polar surface area (TPSA) is 0 Å². The van der Waals surface area contributed by atoms with Crippen molar-refractivity contribution in [3.8, 4) is 0 Å². The van der Waals surface area contributed by atoms with E-state index in [1.807, 2.05) is 0 Å². The van der Waals surface area contributed by atoms with Crippen LogP contribution in [0.1, 0.15) is 45.1 Å². The maximum atomic E-state index is 2.39. The number of rotatable bonds is 5. The van der Waals surface area contributed by atoms with E-state index in [1.165, 1.54) is 30.4 Å². The van der Waals surface area contributed by atoms with Gasteiger partial charge in [0.25, 0.3) is 0 Å². The smallest absolute Gasteiger partial charge is 0.0228 e. The van der Waals surface area contributed by atoms with Crippen LogP contribution in [0.3, 0.4) is 0 Å². The van der Waals surface area contributed by atoms with Crippen molar-refractivity contribution in [2.45, 2.75) is 39.5 Å². The minimum atomic E-state index is 1.13. The molecule has 1 rings (SSSR count). The van der Waals surface area contributed by atoms with Crippen molar-refractivity contribution in [1.82, 2.24) is 0 Å². The van der Waals surface area contributed by atoms with Crippen LogP contribution in [0.25, 0.3) is 5.57 Å². The Morgan fingerprint density at radius 3 is 2.43 bits per heavy atom. The van der Waals surface area contributed by atoms with Gasteiger partial charge in [-0.3, -0.25) is 0 Å². The second kappa shape index (κ2) is 6.42. The maximum absolute atomic E-state index is 2.39. The summed E-state index contributed by atoms with van der Waals surface area (Å²) in [4.78, 5) is 0. The molecule has 0 heterocycles. The van der Waals surface area contributed by atoms with Crippen LogP contribution in [0, 0.1) is 0 Å². The summed E-state index contributed by atoms with van der Waals surface area (Å²) >= 11 is 0. The summed E-state index contributed by atoms with van der Waals surface area (Å²) in [5.74, 6) is 0. The average molecular weight is 188 g/mol. The van der Waals surface area contributed by atoms with Crippen LogP contribution in [0.4, 0.5) is 0 Å². The van der Waals surface area contributed by atoms with Gasteiger partial charge >= 0.3 is 0 Å². The van der Waals surface area contributed by atoms with Crippen molar-refractivity contribution in [2.24, 2.45) is 0 Å². The van der Waals surface area contributed by atoms with Crippen molar-refractivity contribution < 1.29 is 0 Å². The minimum Gasteiger partial charge on any atom is -0.0807 e. The van der Waals surface area contributed by atoms with Gasteiger partial charge in [-0.25, -0.2) is 0 Å². The second-order valence-corrected chi connectivity index (χ2v) is 3.59. The first-order chi connectivity index (χ1) is 6.88. The molecule has 0 fully saturated rings. The monoisotopic (exact) mass is 188 g/mol. The predicted molar refractivity (Wildman–Crippen MR) is 64.2 cm³/mol. The highest BCUT2D eigenvalue weighted by molar-refractivity contribution is 5.65. The van der Waals surface area contributed by atoms with Gasteiger partial charge in [-0.05, 0) is 24.0 Å². The van der Waals surface area contributed by atoms with Crippen LogP contribution in [-0.4, -0.2) is 0 Å². The highest BCUT2D eigenvalue weighted by Gasteiger charge is 1.96. The first kappa shape index (κ1) is 11.0. The molecule has 0 aliphatic rings. The molecule has 0 amide bonds. The number of hydrogen-bond acceptors (Lipinski definition) is 0. The van der Waals surface area contributed by atoms with Gasteiger partial charge in [-0.2, -0.15) is 0 Å². The summed E-state index contributed by atoms with van der Waals surface area (Å²) in [7, 11) is 0. The molecule has 0 aliphatic carbocycles. The third-order valence-electron chi connectivity index (χ3n) is 2.47. The van der Waals surface area contributed by atoms with E-state index in [4.69, 9.17) is 0 Å². The van der Waals surface area contributed by atoms with Crippen LogP contribution in [-0.2, 0) is 0 Å². The average Bonchev–Trinajstić information content (AvgIpc) is 2.26. The molecule has 0 radical (unpaired) electrons. The standard InChI is InChI=1S/C14H20/c1-3-5-7-10-13(4-2)14-11-8-6-9-12-14/h6,8-12H,3-5,7H2,1-2H3/b13-10+. The number of unbranched alkanes of at least 4 members (excludes halogenated alkanes) is 2. The van der Waals surface area contributed by atoms with E-state index >= 15 is 0 Å². The second-order valence-electron chi connectivity index (χ2n) is 3.59. The summed E-state index contributed by atoms with van der Waals surface area (Å²) in [6.45, 7) is 4.47. The van der Waals surface area contributed by atoms with E-state index in [-0.39, 0.29) is 0 Å². The normalized spacial score (nSPS) is 11.7. The molecule has 0 nitrogen and oxygen atoms in total. The van der Waals surface area contributed by atoms with E-state index in [0.29, 0.717) is 0 Å². The van der Waals surface area contributed by atoms with Gasteiger partial charge in [0.05, 0.1) is 0 Å². The molecule has 0 spiro atoms. The third-order valence-corrected chi connectivity index (χ3v) is 2.47. The van der Waals surface area contributed by atoms with Crippen molar-refractivity contribution in [1.29, 1.82) is 0 Å². The van der Waals surface area contributed by atoms with Gasteiger partial charge in [0.1, 0.15) is 0 Å². The molecule has 76 valence electrons. The Morgan fingerprint density at radius 1 is 1.14 bits per heavy atom. The Hall–Kier alpha value is -1.04. The van der Waals surface area contributed by atoms with Crippen LogP contribution in [0.15, 0.2) is 36.4 Å². The Bertz CT molecular complexity index is 269. The van der Waals surface area contributed by atoms with Crippen molar-refractivity contribution in [3.05, 3.63) is 42.0 Å². The van der Waals surface area contributed by atoms with Gasteiger partial charge in [0.2, 0.25) is 0 Å².